The van der Waals surface area contributed by atoms with Gasteiger partial charge in [-0.25, -0.2) is 8.78 Å². The molecule has 0 bridgehead atoms. The fourth-order valence-electron chi connectivity index (χ4n) is 2.97. The van der Waals surface area contributed by atoms with Crippen molar-refractivity contribution in [3.05, 3.63) is 71.6 Å². The molecule has 3 nitrogen and oxygen atoms in total. The van der Waals surface area contributed by atoms with Crippen LogP contribution in [0.5, 0.6) is 0 Å². The zero-order valence-corrected chi connectivity index (χ0v) is 12.6. The van der Waals surface area contributed by atoms with Crippen LogP contribution in [0.2, 0.25) is 0 Å². The van der Waals surface area contributed by atoms with Crippen molar-refractivity contribution < 1.29 is 13.9 Å². The van der Waals surface area contributed by atoms with Crippen LogP contribution in [0.4, 0.5) is 8.78 Å². The van der Waals surface area contributed by atoms with Gasteiger partial charge in [0, 0.05) is 30.3 Å². The molecular formula is C18H18F2N2O. The van der Waals surface area contributed by atoms with Gasteiger partial charge in [0.15, 0.2) is 0 Å². The van der Waals surface area contributed by atoms with Crippen LogP contribution in [0.25, 0.3) is 5.57 Å². The number of nitrogens with zero attached hydrogens (tertiary/aromatic N) is 1. The highest BCUT2D eigenvalue weighted by molar-refractivity contribution is 5.65. The van der Waals surface area contributed by atoms with Crippen molar-refractivity contribution in [1.29, 1.82) is 0 Å². The molecule has 0 amide bonds. The first-order valence-electron chi connectivity index (χ1n) is 7.54. The smallest absolute Gasteiger partial charge is 0.130 e. The van der Waals surface area contributed by atoms with Gasteiger partial charge in [0.25, 0.3) is 0 Å². The minimum absolute atomic E-state index is 0.125. The van der Waals surface area contributed by atoms with E-state index in [0.717, 1.165) is 35.7 Å². The van der Waals surface area contributed by atoms with Crippen molar-refractivity contribution in [3.63, 3.8) is 0 Å². The molecule has 1 aromatic carbocycles. The van der Waals surface area contributed by atoms with Crippen LogP contribution < -0.4 is 5.32 Å². The number of hydrogen-bond acceptors (Lipinski definition) is 3. The molecule has 0 fully saturated rings. The highest BCUT2D eigenvalue weighted by atomic mass is 19.1. The van der Waals surface area contributed by atoms with Gasteiger partial charge in [-0.2, -0.15) is 0 Å². The fraction of sp³-hybridized carbons (Fsp3) is 0.278. The number of pyridine rings is 1. The van der Waals surface area contributed by atoms with E-state index in [1.807, 2.05) is 12.1 Å². The minimum atomic E-state index is -0.837. The van der Waals surface area contributed by atoms with Crippen molar-refractivity contribution in [2.45, 2.75) is 31.5 Å². The van der Waals surface area contributed by atoms with E-state index in [1.165, 1.54) is 12.1 Å². The van der Waals surface area contributed by atoms with Crippen molar-refractivity contribution in [3.8, 4) is 0 Å². The lowest BCUT2D eigenvalue weighted by atomic mass is 9.82. The topological polar surface area (TPSA) is 45.1 Å². The molecule has 0 spiro atoms. The van der Waals surface area contributed by atoms with E-state index in [-0.39, 0.29) is 12.5 Å². The van der Waals surface area contributed by atoms with E-state index >= 15 is 0 Å². The number of rotatable bonds is 4. The summed E-state index contributed by atoms with van der Waals surface area (Å²) in [7, 11) is 0. The molecule has 2 atom stereocenters. The Balaban J connectivity index is 1.73. The number of fused-ring (bicyclic) bond motifs is 1. The number of benzene rings is 1. The second-order valence-electron chi connectivity index (χ2n) is 5.75. The number of nitrogens with one attached hydrogen (secondary N) is 1. The Morgan fingerprint density at radius 1 is 1.35 bits per heavy atom. The monoisotopic (exact) mass is 316 g/mol. The van der Waals surface area contributed by atoms with Crippen LogP contribution in [-0.2, 0) is 6.54 Å². The van der Waals surface area contributed by atoms with Crippen LogP contribution in [0, 0.1) is 11.6 Å². The minimum Gasteiger partial charge on any atom is -0.378 e. The van der Waals surface area contributed by atoms with Gasteiger partial charge >= 0.3 is 0 Å². The SMILES string of the molecule is C=C1CCC(C(O)NCc2ccc(F)cc2F)c2cccnc21. The predicted octanol–water partition coefficient (Wildman–Crippen LogP) is 3.36. The first-order valence-corrected chi connectivity index (χ1v) is 7.54. The Bertz CT molecular complexity index is 733. The molecule has 2 N–H and O–H groups in total. The maximum Gasteiger partial charge on any atom is 0.130 e. The third-order valence-corrected chi connectivity index (χ3v) is 4.23. The van der Waals surface area contributed by atoms with E-state index in [4.69, 9.17) is 0 Å². The highest BCUT2D eigenvalue weighted by Crippen LogP contribution is 2.37. The Morgan fingerprint density at radius 2 is 2.17 bits per heavy atom. The molecule has 3 rings (SSSR count). The van der Waals surface area contributed by atoms with Gasteiger partial charge in [0.2, 0.25) is 0 Å². The number of aromatic nitrogens is 1. The van der Waals surface area contributed by atoms with Crippen LogP contribution in [0.1, 0.15) is 35.6 Å². The Hall–Kier alpha value is -2.11. The maximum absolute atomic E-state index is 13.7. The van der Waals surface area contributed by atoms with Crippen LogP contribution in [0.15, 0.2) is 43.1 Å². The molecular weight excluding hydrogens is 298 g/mol. The van der Waals surface area contributed by atoms with Gasteiger partial charge in [-0.05, 0) is 36.1 Å². The lowest BCUT2D eigenvalue weighted by Gasteiger charge is -2.30. The Labute approximate surface area is 133 Å². The molecule has 1 aliphatic carbocycles. The van der Waals surface area contributed by atoms with Crippen LogP contribution in [-0.4, -0.2) is 16.3 Å². The summed E-state index contributed by atoms with van der Waals surface area (Å²) in [6.07, 6.45) is 2.38. The van der Waals surface area contributed by atoms with Gasteiger partial charge in [-0.3, -0.25) is 10.3 Å². The number of aliphatic hydroxyl groups excluding tert-OH is 1. The number of hydrogen-bond donors (Lipinski definition) is 2. The predicted molar refractivity (Wildman–Crippen MR) is 84.5 cm³/mol. The van der Waals surface area contributed by atoms with E-state index in [0.29, 0.717) is 5.56 Å². The summed E-state index contributed by atoms with van der Waals surface area (Å²) >= 11 is 0. The van der Waals surface area contributed by atoms with Gasteiger partial charge in [-0.1, -0.05) is 18.7 Å². The second-order valence-corrected chi connectivity index (χ2v) is 5.75. The standard InChI is InChI=1S/C18H18F2N2O/c1-11-4-7-15(14-3-2-8-21-17(11)14)18(23)22-10-12-5-6-13(19)9-16(12)20/h2-3,5-6,8-9,15,18,22-23H,1,4,7,10H2. The maximum atomic E-state index is 13.7. The lowest BCUT2D eigenvalue weighted by Crippen LogP contribution is -2.36. The quantitative estimate of drug-likeness (QED) is 0.850. The normalized spacial score (nSPS) is 18.6. The third kappa shape index (κ3) is 3.30. The summed E-state index contributed by atoms with van der Waals surface area (Å²) in [5.74, 6) is -1.37. The van der Waals surface area contributed by atoms with Crippen molar-refractivity contribution in [2.75, 3.05) is 0 Å². The number of allylic oxidation sites excluding steroid dienone is 1. The summed E-state index contributed by atoms with van der Waals surface area (Å²) in [6.45, 7) is 4.14. The second kappa shape index (κ2) is 6.56. The Kier molecular flexibility index (Phi) is 4.50. The lowest BCUT2D eigenvalue weighted by molar-refractivity contribution is 0.100. The van der Waals surface area contributed by atoms with E-state index < -0.39 is 17.9 Å². The molecule has 2 unspecified atom stereocenters. The summed E-state index contributed by atoms with van der Waals surface area (Å²) in [5.41, 5.74) is 3.06. The molecule has 5 heteroatoms. The van der Waals surface area contributed by atoms with E-state index in [9.17, 15) is 13.9 Å². The summed E-state index contributed by atoms with van der Waals surface area (Å²) in [6, 6.07) is 7.18. The molecule has 120 valence electrons. The molecule has 1 aliphatic rings. The first-order chi connectivity index (χ1) is 11.1. The Morgan fingerprint density at radius 3 is 2.96 bits per heavy atom. The van der Waals surface area contributed by atoms with Gasteiger partial charge in [-0.15, -0.1) is 0 Å². The van der Waals surface area contributed by atoms with Crippen molar-refractivity contribution >= 4 is 5.57 Å². The molecule has 2 aromatic rings. The van der Waals surface area contributed by atoms with Crippen molar-refractivity contribution in [2.24, 2.45) is 0 Å². The average molecular weight is 316 g/mol. The van der Waals surface area contributed by atoms with Gasteiger partial charge < -0.3 is 5.11 Å². The molecule has 0 saturated carbocycles. The van der Waals surface area contributed by atoms with Crippen LogP contribution >= 0.6 is 0 Å². The van der Waals surface area contributed by atoms with Crippen molar-refractivity contribution in [1.82, 2.24) is 10.3 Å². The van der Waals surface area contributed by atoms with Gasteiger partial charge in [0.1, 0.15) is 17.9 Å². The summed E-state index contributed by atoms with van der Waals surface area (Å²) < 4.78 is 26.6. The molecule has 1 aromatic heterocycles. The highest BCUT2D eigenvalue weighted by Gasteiger charge is 2.28. The largest absolute Gasteiger partial charge is 0.378 e. The molecule has 1 heterocycles. The fourth-order valence-corrected chi connectivity index (χ4v) is 2.97. The zero-order chi connectivity index (χ0) is 16.4. The third-order valence-electron chi connectivity index (χ3n) is 4.23. The summed E-state index contributed by atoms with van der Waals surface area (Å²) in [5, 5.41) is 13.4. The summed E-state index contributed by atoms with van der Waals surface area (Å²) in [4.78, 5) is 4.33. The van der Waals surface area contributed by atoms with E-state index in [1.54, 1.807) is 6.20 Å². The molecule has 0 aliphatic heterocycles. The number of halogens is 2. The molecule has 23 heavy (non-hydrogen) atoms. The van der Waals surface area contributed by atoms with E-state index in [2.05, 4.69) is 16.9 Å². The molecule has 0 radical (unpaired) electrons. The number of aliphatic hydroxyl groups is 1. The van der Waals surface area contributed by atoms with Crippen LogP contribution in [0.3, 0.4) is 0 Å². The average Bonchev–Trinajstić information content (AvgIpc) is 2.54. The zero-order valence-electron chi connectivity index (χ0n) is 12.6. The molecule has 0 saturated heterocycles. The first kappa shape index (κ1) is 15.8. The van der Waals surface area contributed by atoms with Gasteiger partial charge in [0.05, 0.1) is 5.69 Å².